The lowest BCUT2D eigenvalue weighted by Crippen LogP contribution is -2.47. The molecule has 24 heavy (non-hydrogen) atoms. The Morgan fingerprint density at radius 1 is 1.29 bits per heavy atom. The number of methoxy groups -OCH3 is 1. The monoisotopic (exact) mass is 456 g/mol. The lowest BCUT2D eigenvalue weighted by Gasteiger charge is -2.28. The maximum Gasteiger partial charge on any atom is 0.407 e. The largest absolute Gasteiger partial charge is 0.444 e. The van der Waals surface area contributed by atoms with E-state index < -0.39 is 5.60 Å². The average molecular weight is 456 g/mol. The van der Waals surface area contributed by atoms with E-state index in [1.54, 1.807) is 14.2 Å². The molecule has 0 bridgehead atoms. The number of halogens is 1. The first-order valence-corrected chi connectivity index (χ1v) is 8.06. The van der Waals surface area contributed by atoms with Crippen molar-refractivity contribution in [1.29, 1.82) is 0 Å². The minimum Gasteiger partial charge on any atom is -0.444 e. The van der Waals surface area contributed by atoms with Crippen molar-refractivity contribution < 1.29 is 14.3 Å². The zero-order chi connectivity index (χ0) is 17.7. The highest BCUT2D eigenvalue weighted by molar-refractivity contribution is 14.0. The van der Waals surface area contributed by atoms with Gasteiger partial charge in [-0.25, -0.2) is 4.79 Å². The quantitative estimate of drug-likeness (QED) is 0.386. The van der Waals surface area contributed by atoms with Crippen molar-refractivity contribution in [3.05, 3.63) is 0 Å². The Bertz CT molecular complexity index is 436. The number of rotatable bonds is 4. The van der Waals surface area contributed by atoms with Gasteiger partial charge in [0.05, 0.1) is 11.6 Å². The number of aliphatic imine (C=N–C) groups is 1. The maximum atomic E-state index is 11.8. The minimum absolute atomic E-state index is 0. The molecule has 1 aliphatic heterocycles. The van der Waals surface area contributed by atoms with Gasteiger partial charge >= 0.3 is 6.09 Å². The summed E-state index contributed by atoms with van der Waals surface area (Å²) in [6.45, 7) is 11.8. The van der Waals surface area contributed by atoms with E-state index in [1.807, 2.05) is 34.6 Å². The molecule has 1 heterocycles. The topological polar surface area (TPSA) is 75.2 Å². The van der Waals surface area contributed by atoms with Crippen LogP contribution in [0.4, 0.5) is 4.79 Å². The summed E-state index contributed by atoms with van der Waals surface area (Å²) in [4.78, 5) is 18.3. The van der Waals surface area contributed by atoms with Gasteiger partial charge in [-0.05, 0) is 41.0 Å². The number of amides is 1. The van der Waals surface area contributed by atoms with Crippen molar-refractivity contribution in [2.75, 3.05) is 33.8 Å². The number of guanidine groups is 1. The van der Waals surface area contributed by atoms with Crippen LogP contribution in [0.3, 0.4) is 0 Å². The number of nitrogens with zero attached hydrogens (tertiary/aromatic N) is 2. The highest BCUT2D eigenvalue weighted by Crippen LogP contribution is 2.12. The summed E-state index contributed by atoms with van der Waals surface area (Å²) in [6.07, 6.45) is 0.501. The summed E-state index contributed by atoms with van der Waals surface area (Å²) in [5.74, 6) is 0.823. The molecule has 7 nitrogen and oxygen atoms in total. The van der Waals surface area contributed by atoms with Crippen molar-refractivity contribution >= 4 is 36.0 Å². The third kappa shape index (κ3) is 8.36. The Balaban J connectivity index is 0.00000529. The number of likely N-dealkylation sites (tertiary alicyclic amines) is 1. The van der Waals surface area contributed by atoms with Gasteiger partial charge in [-0.1, -0.05) is 0 Å². The molecule has 1 saturated heterocycles. The molecule has 8 heteroatoms. The summed E-state index contributed by atoms with van der Waals surface area (Å²) in [5, 5.41) is 6.24. The van der Waals surface area contributed by atoms with Gasteiger partial charge in [-0.2, -0.15) is 0 Å². The third-order valence-corrected chi connectivity index (χ3v) is 3.65. The first-order chi connectivity index (χ1) is 10.6. The lowest BCUT2D eigenvalue weighted by molar-refractivity contribution is 0.0264. The molecule has 1 rings (SSSR count). The van der Waals surface area contributed by atoms with E-state index in [9.17, 15) is 4.79 Å². The molecule has 0 unspecified atom stereocenters. The number of carbonyl (C=O) groups is 1. The van der Waals surface area contributed by atoms with Crippen LogP contribution >= 0.6 is 24.0 Å². The highest BCUT2D eigenvalue weighted by atomic mass is 127. The molecule has 2 N–H and O–H groups in total. The fraction of sp³-hybridized carbons (Fsp3) is 0.875. The molecule has 0 aliphatic carbocycles. The summed E-state index contributed by atoms with van der Waals surface area (Å²) >= 11 is 0. The van der Waals surface area contributed by atoms with Crippen LogP contribution in [-0.4, -0.2) is 68.0 Å². The Morgan fingerprint density at radius 3 is 2.42 bits per heavy atom. The SMILES string of the molecule is CN=C(NCC(C)(C)OC)N1CC[C@@H](NC(=O)OC(C)(C)C)C1.I. The van der Waals surface area contributed by atoms with E-state index >= 15 is 0 Å². The molecule has 0 aromatic heterocycles. The average Bonchev–Trinajstić information content (AvgIpc) is 2.85. The van der Waals surface area contributed by atoms with E-state index in [1.165, 1.54) is 0 Å². The normalized spacial score (nSPS) is 18.9. The van der Waals surface area contributed by atoms with E-state index in [4.69, 9.17) is 9.47 Å². The van der Waals surface area contributed by atoms with Crippen LogP contribution in [-0.2, 0) is 9.47 Å². The standard InChI is InChI=1S/C16H32N4O3.HI/c1-15(2,3)23-14(21)19-12-8-9-20(10-12)13(17-6)18-11-16(4,5)22-7;/h12H,8-11H2,1-7H3,(H,17,18)(H,19,21);1H/t12-;/m1./s1. The highest BCUT2D eigenvalue weighted by Gasteiger charge is 2.28. The Kier molecular flexibility index (Phi) is 9.34. The number of nitrogens with one attached hydrogen (secondary N) is 2. The van der Waals surface area contributed by atoms with Crippen LogP contribution in [0.2, 0.25) is 0 Å². The Hall–Kier alpha value is -0.770. The molecule has 0 radical (unpaired) electrons. The molecule has 1 amide bonds. The molecule has 1 atom stereocenters. The molecule has 1 aliphatic rings. The number of ether oxygens (including phenoxy) is 2. The first-order valence-electron chi connectivity index (χ1n) is 8.06. The van der Waals surface area contributed by atoms with Crippen LogP contribution in [0.1, 0.15) is 41.0 Å². The van der Waals surface area contributed by atoms with Crippen molar-refractivity contribution in [1.82, 2.24) is 15.5 Å². The van der Waals surface area contributed by atoms with E-state index in [2.05, 4.69) is 20.5 Å². The predicted molar refractivity (Wildman–Crippen MR) is 107 cm³/mol. The molecule has 1 fully saturated rings. The van der Waals surface area contributed by atoms with Crippen LogP contribution in [0.25, 0.3) is 0 Å². The zero-order valence-corrected chi connectivity index (χ0v) is 18.3. The summed E-state index contributed by atoms with van der Waals surface area (Å²) < 4.78 is 10.7. The van der Waals surface area contributed by atoms with Crippen molar-refractivity contribution in [2.45, 2.75) is 58.3 Å². The van der Waals surface area contributed by atoms with E-state index in [-0.39, 0.29) is 41.7 Å². The summed E-state index contributed by atoms with van der Waals surface area (Å²) in [5.41, 5.74) is -0.741. The van der Waals surface area contributed by atoms with Crippen molar-refractivity contribution in [2.24, 2.45) is 4.99 Å². The van der Waals surface area contributed by atoms with E-state index in [0.717, 1.165) is 18.9 Å². The van der Waals surface area contributed by atoms with Crippen LogP contribution in [0.5, 0.6) is 0 Å². The van der Waals surface area contributed by atoms with Gasteiger partial charge in [0.25, 0.3) is 0 Å². The third-order valence-electron chi connectivity index (χ3n) is 3.65. The second-order valence-electron chi connectivity index (χ2n) is 7.44. The molecule has 0 aromatic rings. The van der Waals surface area contributed by atoms with Gasteiger partial charge in [-0.15, -0.1) is 24.0 Å². The second kappa shape index (κ2) is 9.65. The molecular weight excluding hydrogens is 423 g/mol. The fourth-order valence-corrected chi connectivity index (χ4v) is 2.24. The smallest absolute Gasteiger partial charge is 0.407 e. The Morgan fingerprint density at radius 2 is 1.92 bits per heavy atom. The van der Waals surface area contributed by atoms with Crippen LogP contribution in [0.15, 0.2) is 4.99 Å². The number of alkyl carbamates (subject to hydrolysis) is 1. The zero-order valence-electron chi connectivity index (χ0n) is 15.9. The van der Waals surface area contributed by atoms with Crippen LogP contribution < -0.4 is 10.6 Å². The van der Waals surface area contributed by atoms with Gasteiger partial charge in [0, 0.05) is 33.8 Å². The Labute approximate surface area is 162 Å². The van der Waals surface area contributed by atoms with Crippen LogP contribution in [0, 0.1) is 0 Å². The van der Waals surface area contributed by atoms with Crippen molar-refractivity contribution in [3.8, 4) is 0 Å². The van der Waals surface area contributed by atoms with Gasteiger partial charge in [0.15, 0.2) is 5.96 Å². The number of hydrogen-bond donors (Lipinski definition) is 2. The molecule has 0 saturated carbocycles. The fourth-order valence-electron chi connectivity index (χ4n) is 2.24. The van der Waals surface area contributed by atoms with Gasteiger partial charge in [0.1, 0.15) is 5.60 Å². The first kappa shape index (κ1) is 23.2. The number of carbonyl (C=O) groups excluding carboxylic acids is 1. The predicted octanol–water partition coefficient (Wildman–Crippen LogP) is 2.20. The molecule has 142 valence electrons. The molecular formula is C16H33IN4O3. The summed E-state index contributed by atoms with van der Waals surface area (Å²) in [7, 11) is 3.46. The summed E-state index contributed by atoms with van der Waals surface area (Å²) in [6, 6.07) is 0.0684. The molecule has 0 spiro atoms. The number of hydrogen-bond acceptors (Lipinski definition) is 4. The molecule has 0 aromatic carbocycles. The van der Waals surface area contributed by atoms with E-state index in [0.29, 0.717) is 13.1 Å². The lowest BCUT2D eigenvalue weighted by atomic mass is 10.1. The van der Waals surface area contributed by atoms with Crippen molar-refractivity contribution in [3.63, 3.8) is 0 Å². The maximum absolute atomic E-state index is 11.8. The second-order valence-corrected chi connectivity index (χ2v) is 7.44. The van der Waals surface area contributed by atoms with Gasteiger partial charge in [-0.3, -0.25) is 4.99 Å². The minimum atomic E-state index is -0.480. The van der Waals surface area contributed by atoms with Gasteiger partial charge in [0.2, 0.25) is 0 Å². The van der Waals surface area contributed by atoms with Gasteiger partial charge < -0.3 is 25.0 Å².